The highest BCUT2D eigenvalue weighted by Gasteiger charge is 2.02. The molecule has 1 aromatic carbocycles. The first-order valence-corrected chi connectivity index (χ1v) is 7.03. The molecular weight excluding hydrogens is 268 g/mol. The molecule has 0 bridgehead atoms. The van der Waals surface area contributed by atoms with Crippen LogP contribution in [0.4, 0.5) is 0 Å². The molecule has 0 aromatic heterocycles. The number of carbonyl (C=O) groups excluding carboxylic acids is 2. The van der Waals surface area contributed by atoms with E-state index in [9.17, 15) is 14.7 Å². The Labute approximate surface area is 125 Å². The second-order valence-electron chi connectivity index (χ2n) is 4.68. The van der Waals surface area contributed by atoms with Gasteiger partial charge in [-0.2, -0.15) is 0 Å². The average Bonchev–Trinajstić information content (AvgIpc) is 2.52. The van der Waals surface area contributed by atoms with Crippen LogP contribution in [0.5, 0.6) is 0 Å². The number of carbonyl (C=O) groups is 2. The van der Waals surface area contributed by atoms with Crippen molar-refractivity contribution in [3.8, 4) is 0 Å². The molecular formula is C16H22N2O3. The molecule has 1 atom stereocenters. The molecule has 5 nitrogen and oxygen atoms in total. The molecule has 0 aliphatic heterocycles. The number of aliphatic hydroxyl groups is 1. The summed E-state index contributed by atoms with van der Waals surface area (Å²) in [5, 5.41) is 14.6. The predicted molar refractivity (Wildman–Crippen MR) is 82.8 cm³/mol. The number of hydrogen-bond acceptors (Lipinski definition) is 3. The zero-order valence-electron chi connectivity index (χ0n) is 12.4. The lowest BCUT2D eigenvalue weighted by molar-refractivity contribution is -0.116. The third-order valence-electron chi connectivity index (χ3n) is 3.08. The maximum atomic E-state index is 11.6. The van der Waals surface area contributed by atoms with E-state index in [-0.39, 0.29) is 17.9 Å². The van der Waals surface area contributed by atoms with Gasteiger partial charge in [-0.15, -0.1) is 0 Å². The topological polar surface area (TPSA) is 78.4 Å². The molecule has 0 heterocycles. The van der Waals surface area contributed by atoms with E-state index in [1.807, 2.05) is 6.92 Å². The second-order valence-corrected chi connectivity index (χ2v) is 4.68. The van der Waals surface area contributed by atoms with Crippen molar-refractivity contribution >= 4 is 17.9 Å². The lowest BCUT2D eigenvalue weighted by Gasteiger charge is -2.07. The Morgan fingerprint density at radius 2 is 1.95 bits per heavy atom. The molecule has 0 spiro atoms. The third kappa shape index (κ3) is 6.23. The summed E-state index contributed by atoms with van der Waals surface area (Å²) in [6.45, 7) is 2.35. The summed E-state index contributed by atoms with van der Waals surface area (Å²) >= 11 is 0. The Hall–Kier alpha value is -2.14. The summed E-state index contributed by atoms with van der Waals surface area (Å²) in [6.07, 6.45) is 3.98. The summed E-state index contributed by atoms with van der Waals surface area (Å²) in [7, 11) is 1.58. The molecule has 0 radical (unpaired) electrons. The van der Waals surface area contributed by atoms with Crippen LogP contribution < -0.4 is 10.6 Å². The van der Waals surface area contributed by atoms with Crippen molar-refractivity contribution in [2.75, 3.05) is 13.6 Å². The molecule has 0 saturated heterocycles. The van der Waals surface area contributed by atoms with Crippen molar-refractivity contribution < 1.29 is 14.7 Å². The van der Waals surface area contributed by atoms with Crippen molar-refractivity contribution in [3.63, 3.8) is 0 Å². The molecule has 21 heavy (non-hydrogen) atoms. The molecule has 1 unspecified atom stereocenters. The molecule has 3 N–H and O–H groups in total. The average molecular weight is 290 g/mol. The van der Waals surface area contributed by atoms with Crippen LogP contribution in [0.15, 0.2) is 30.3 Å². The number of aliphatic hydroxyl groups excluding tert-OH is 1. The van der Waals surface area contributed by atoms with Gasteiger partial charge in [0.2, 0.25) is 5.91 Å². The van der Waals surface area contributed by atoms with Gasteiger partial charge in [0.15, 0.2) is 0 Å². The molecule has 2 amide bonds. The van der Waals surface area contributed by atoms with Gasteiger partial charge in [0, 0.05) is 25.2 Å². The normalized spacial score (nSPS) is 12.1. The van der Waals surface area contributed by atoms with Gasteiger partial charge < -0.3 is 15.7 Å². The fourth-order valence-electron chi connectivity index (χ4n) is 1.69. The van der Waals surface area contributed by atoms with Gasteiger partial charge in [-0.25, -0.2) is 0 Å². The highest BCUT2D eigenvalue weighted by atomic mass is 16.3. The van der Waals surface area contributed by atoms with E-state index in [4.69, 9.17) is 0 Å². The minimum absolute atomic E-state index is 0.141. The molecule has 1 rings (SSSR count). The van der Waals surface area contributed by atoms with Gasteiger partial charge in [-0.05, 0) is 36.6 Å². The molecule has 0 aliphatic carbocycles. The fraction of sp³-hybridized carbons (Fsp3) is 0.375. The van der Waals surface area contributed by atoms with Gasteiger partial charge in [-0.3, -0.25) is 9.59 Å². The maximum Gasteiger partial charge on any atom is 0.251 e. The first kappa shape index (κ1) is 16.9. The van der Waals surface area contributed by atoms with E-state index < -0.39 is 0 Å². The van der Waals surface area contributed by atoms with E-state index in [0.29, 0.717) is 24.9 Å². The molecule has 1 aromatic rings. The van der Waals surface area contributed by atoms with E-state index in [1.54, 1.807) is 37.4 Å². The Kier molecular flexibility index (Phi) is 7.18. The van der Waals surface area contributed by atoms with Crippen molar-refractivity contribution in [2.45, 2.75) is 25.9 Å². The number of hydrogen-bond donors (Lipinski definition) is 3. The zero-order chi connectivity index (χ0) is 15.7. The Morgan fingerprint density at radius 1 is 1.29 bits per heavy atom. The quantitative estimate of drug-likeness (QED) is 0.663. The molecule has 0 saturated carbocycles. The van der Waals surface area contributed by atoms with Crippen LogP contribution in [0.2, 0.25) is 0 Å². The van der Waals surface area contributed by atoms with Crippen LogP contribution in [0.25, 0.3) is 6.08 Å². The molecule has 0 aliphatic rings. The molecule has 5 heteroatoms. The number of amides is 2. The minimum Gasteiger partial charge on any atom is -0.393 e. The fourth-order valence-corrected chi connectivity index (χ4v) is 1.69. The summed E-state index contributed by atoms with van der Waals surface area (Å²) in [5.74, 6) is -0.341. The maximum absolute atomic E-state index is 11.6. The Bertz CT molecular complexity index is 495. The zero-order valence-corrected chi connectivity index (χ0v) is 12.4. The summed E-state index contributed by atoms with van der Waals surface area (Å²) in [5.41, 5.74) is 1.42. The van der Waals surface area contributed by atoms with Gasteiger partial charge in [-0.1, -0.05) is 19.1 Å². The number of nitrogens with one attached hydrogen (secondary N) is 2. The Morgan fingerprint density at radius 3 is 2.52 bits per heavy atom. The monoisotopic (exact) mass is 290 g/mol. The highest BCUT2D eigenvalue weighted by Crippen LogP contribution is 2.06. The van der Waals surface area contributed by atoms with E-state index in [2.05, 4.69) is 10.6 Å². The smallest absolute Gasteiger partial charge is 0.251 e. The predicted octanol–water partition coefficient (Wildman–Crippen LogP) is 1.34. The Balaban J connectivity index is 2.45. The van der Waals surface area contributed by atoms with Crippen LogP contribution in [0.1, 0.15) is 35.7 Å². The van der Waals surface area contributed by atoms with Crippen LogP contribution >= 0.6 is 0 Å². The van der Waals surface area contributed by atoms with Crippen molar-refractivity contribution in [3.05, 3.63) is 41.5 Å². The van der Waals surface area contributed by atoms with Crippen LogP contribution in [0, 0.1) is 0 Å². The van der Waals surface area contributed by atoms with Crippen LogP contribution in [0.3, 0.4) is 0 Å². The van der Waals surface area contributed by atoms with Crippen LogP contribution in [-0.4, -0.2) is 36.6 Å². The van der Waals surface area contributed by atoms with E-state index >= 15 is 0 Å². The SMILES string of the molecule is CCC(O)CCNC(=O)/C=C/c1ccc(C(=O)NC)cc1. The van der Waals surface area contributed by atoms with Crippen molar-refractivity contribution in [1.29, 1.82) is 0 Å². The summed E-state index contributed by atoms with van der Waals surface area (Å²) < 4.78 is 0. The van der Waals surface area contributed by atoms with Crippen molar-refractivity contribution in [2.24, 2.45) is 0 Å². The van der Waals surface area contributed by atoms with Crippen molar-refractivity contribution in [1.82, 2.24) is 10.6 Å². The second kappa shape index (κ2) is 8.92. The number of benzene rings is 1. The largest absolute Gasteiger partial charge is 0.393 e. The summed E-state index contributed by atoms with van der Waals surface area (Å²) in [6, 6.07) is 6.95. The molecule has 114 valence electrons. The first-order valence-electron chi connectivity index (χ1n) is 7.03. The summed E-state index contributed by atoms with van der Waals surface area (Å²) in [4.78, 5) is 22.9. The van der Waals surface area contributed by atoms with E-state index in [1.165, 1.54) is 6.08 Å². The van der Waals surface area contributed by atoms with E-state index in [0.717, 1.165) is 5.56 Å². The first-order chi connectivity index (χ1) is 10.1. The van der Waals surface area contributed by atoms with Gasteiger partial charge in [0.1, 0.15) is 0 Å². The standard InChI is InChI=1S/C16H22N2O3/c1-3-14(19)10-11-18-15(20)9-6-12-4-7-13(8-5-12)16(21)17-2/h4-9,14,19H,3,10-11H2,1-2H3,(H,17,21)(H,18,20)/b9-6+. The highest BCUT2D eigenvalue weighted by molar-refractivity contribution is 5.94. The van der Waals surface area contributed by atoms with Gasteiger partial charge in [0.25, 0.3) is 5.91 Å². The molecule has 0 fully saturated rings. The third-order valence-corrected chi connectivity index (χ3v) is 3.08. The lowest BCUT2D eigenvalue weighted by atomic mass is 10.1. The van der Waals surface area contributed by atoms with Gasteiger partial charge in [0.05, 0.1) is 6.10 Å². The lowest BCUT2D eigenvalue weighted by Crippen LogP contribution is -2.25. The van der Waals surface area contributed by atoms with Gasteiger partial charge >= 0.3 is 0 Å². The van der Waals surface area contributed by atoms with Crippen LogP contribution in [-0.2, 0) is 4.79 Å². The number of rotatable bonds is 7. The minimum atomic E-state index is -0.369.